The maximum atomic E-state index is 13.0. The molecule has 2 heterocycles. The SMILES string of the molecule is CC1CCCN1c1c(OC(=O)NC2C3CC4CC(C3)CC2C4)cnn1-c1ccccc1. The number of para-hydroxylation sites is 1. The molecular formula is C25H32N4O2. The van der Waals surface area contributed by atoms with Crippen molar-refractivity contribution in [2.24, 2.45) is 23.7 Å². The van der Waals surface area contributed by atoms with E-state index < -0.39 is 0 Å². The first-order chi connectivity index (χ1) is 15.2. The second kappa shape index (κ2) is 7.57. The van der Waals surface area contributed by atoms with Crippen LogP contribution in [0, 0.1) is 23.7 Å². The van der Waals surface area contributed by atoms with Crippen LogP contribution in [0.25, 0.3) is 5.69 Å². The third kappa shape index (κ3) is 3.40. The quantitative estimate of drug-likeness (QED) is 0.774. The molecule has 1 aromatic carbocycles. The molecule has 1 aromatic heterocycles. The average Bonchev–Trinajstić information content (AvgIpc) is 3.36. The van der Waals surface area contributed by atoms with Crippen molar-refractivity contribution in [3.63, 3.8) is 0 Å². The summed E-state index contributed by atoms with van der Waals surface area (Å²) in [5.74, 6) is 4.49. The van der Waals surface area contributed by atoms with Crippen molar-refractivity contribution in [3.05, 3.63) is 36.5 Å². The molecule has 164 valence electrons. The van der Waals surface area contributed by atoms with Crippen LogP contribution in [0.15, 0.2) is 36.5 Å². The number of nitrogens with one attached hydrogen (secondary N) is 1. The van der Waals surface area contributed by atoms with Crippen LogP contribution in [0.5, 0.6) is 5.75 Å². The molecule has 2 aromatic rings. The van der Waals surface area contributed by atoms with E-state index in [1.165, 1.54) is 32.1 Å². The Labute approximate surface area is 183 Å². The standard InChI is InChI=1S/C25H32N4O2/c1-16-6-5-9-28(16)24-22(15-26-29(24)21-7-3-2-4-8-21)31-25(30)27-23-19-11-17-10-18(13-19)14-20(23)12-17/h2-4,7-8,15-20,23H,5-6,9-14H2,1H3,(H,27,30). The number of carbonyl (C=O) groups excluding carboxylic acids is 1. The Morgan fingerprint density at radius 2 is 1.77 bits per heavy atom. The van der Waals surface area contributed by atoms with Gasteiger partial charge in [-0.3, -0.25) is 0 Å². The van der Waals surface area contributed by atoms with Crippen LogP contribution in [0.2, 0.25) is 0 Å². The monoisotopic (exact) mass is 420 g/mol. The summed E-state index contributed by atoms with van der Waals surface area (Å²) >= 11 is 0. The number of nitrogens with zero attached hydrogens (tertiary/aromatic N) is 3. The molecule has 6 heteroatoms. The van der Waals surface area contributed by atoms with E-state index in [4.69, 9.17) is 4.74 Å². The Balaban J connectivity index is 1.24. The van der Waals surface area contributed by atoms with Gasteiger partial charge in [-0.2, -0.15) is 5.10 Å². The summed E-state index contributed by atoms with van der Waals surface area (Å²) in [7, 11) is 0. The first-order valence-electron chi connectivity index (χ1n) is 12.0. The fraction of sp³-hybridized carbons (Fsp3) is 0.600. The maximum absolute atomic E-state index is 13.0. The number of aromatic nitrogens is 2. The molecule has 0 spiro atoms. The molecule has 7 rings (SSSR count). The van der Waals surface area contributed by atoms with E-state index >= 15 is 0 Å². The molecule has 31 heavy (non-hydrogen) atoms. The van der Waals surface area contributed by atoms with Crippen LogP contribution in [0.1, 0.15) is 51.9 Å². The Bertz CT molecular complexity index is 928. The zero-order valence-corrected chi connectivity index (χ0v) is 18.2. The van der Waals surface area contributed by atoms with E-state index in [0.29, 0.717) is 23.6 Å². The van der Waals surface area contributed by atoms with Gasteiger partial charge in [0.25, 0.3) is 0 Å². The minimum Gasteiger partial charge on any atom is -0.405 e. The van der Waals surface area contributed by atoms with Crippen LogP contribution in [-0.4, -0.2) is 34.5 Å². The summed E-state index contributed by atoms with van der Waals surface area (Å²) in [6.45, 7) is 3.18. The molecule has 4 aliphatic carbocycles. The Morgan fingerprint density at radius 3 is 2.42 bits per heavy atom. The highest BCUT2D eigenvalue weighted by Gasteiger charge is 2.48. The van der Waals surface area contributed by atoms with Crippen molar-refractivity contribution in [2.45, 2.75) is 64.0 Å². The molecule has 1 atom stereocenters. The van der Waals surface area contributed by atoms with Gasteiger partial charge in [0.05, 0.1) is 11.9 Å². The Morgan fingerprint density at radius 1 is 1.06 bits per heavy atom. The molecule has 1 aliphatic heterocycles. The molecule has 4 saturated carbocycles. The fourth-order valence-corrected chi connectivity index (χ4v) is 7.09. The second-order valence-electron chi connectivity index (χ2n) is 10.3. The van der Waals surface area contributed by atoms with Gasteiger partial charge in [-0.05, 0) is 87.7 Å². The highest BCUT2D eigenvalue weighted by Crippen LogP contribution is 2.53. The topological polar surface area (TPSA) is 59.4 Å². The summed E-state index contributed by atoms with van der Waals surface area (Å²) in [5, 5.41) is 7.88. The van der Waals surface area contributed by atoms with Crippen molar-refractivity contribution in [3.8, 4) is 11.4 Å². The van der Waals surface area contributed by atoms with Crippen LogP contribution in [0.3, 0.4) is 0 Å². The summed E-state index contributed by atoms with van der Waals surface area (Å²) < 4.78 is 7.85. The molecule has 0 radical (unpaired) electrons. The smallest absolute Gasteiger partial charge is 0.405 e. The predicted octanol–water partition coefficient (Wildman–Crippen LogP) is 4.77. The van der Waals surface area contributed by atoms with Crippen molar-refractivity contribution < 1.29 is 9.53 Å². The number of ether oxygens (including phenoxy) is 1. The van der Waals surface area contributed by atoms with Crippen molar-refractivity contribution in [2.75, 3.05) is 11.4 Å². The van der Waals surface area contributed by atoms with E-state index in [2.05, 4.69) is 22.2 Å². The number of hydrogen-bond donors (Lipinski definition) is 1. The van der Waals surface area contributed by atoms with Gasteiger partial charge in [0.15, 0.2) is 11.6 Å². The zero-order valence-electron chi connectivity index (χ0n) is 18.2. The predicted molar refractivity (Wildman–Crippen MR) is 120 cm³/mol. The molecule has 6 nitrogen and oxygen atoms in total. The number of anilines is 1. The van der Waals surface area contributed by atoms with E-state index in [-0.39, 0.29) is 12.1 Å². The van der Waals surface area contributed by atoms with E-state index in [1.807, 2.05) is 35.0 Å². The van der Waals surface area contributed by atoms with E-state index in [0.717, 1.165) is 42.7 Å². The minimum absolute atomic E-state index is 0.277. The molecule has 1 saturated heterocycles. The van der Waals surface area contributed by atoms with E-state index in [1.54, 1.807) is 6.20 Å². The van der Waals surface area contributed by atoms with Gasteiger partial charge < -0.3 is 15.0 Å². The lowest BCUT2D eigenvalue weighted by Gasteiger charge is -2.54. The second-order valence-corrected chi connectivity index (χ2v) is 10.3. The van der Waals surface area contributed by atoms with Gasteiger partial charge in [-0.25, -0.2) is 9.48 Å². The summed E-state index contributed by atoms with van der Waals surface area (Å²) in [5.41, 5.74) is 0.980. The molecule has 5 aliphatic rings. The van der Waals surface area contributed by atoms with Gasteiger partial charge in [0.1, 0.15) is 0 Å². The third-order valence-corrected chi connectivity index (χ3v) is 8.25. The summed E-state index contributed by atoms with van der Waals surface area (Å²) in [6, 6.07) is 10.8. The van der Waals surface area contributed by atoms with Crippen molar-refractivity contribution in [1.29, 1.82) is 0 Å². The Kier molecular flexibility index (Phi) is 4.69. The van der Waals surface area contributed by atoms with Crippen LogP contribution in [0.4, 0.5) is 10.6 Å². The van der Waals surface area contributed by atoms with Crippen LogP contribution >= 0.6 is 0 Å². The average molecular weight is 421 g/mol. The van der Waals surface area contributed by atoms with Crippen molar-refractivity contribution >= 4 is 11.9 Å². The highest BCUT2D eigenvalue weighted by atomic mass is 16.6. The lowest BCUT2D eigenvalue weighted by molar-refractivity contribution is -0.0114. The first kappa shape index (κ1) is 19.2. The maximum Gasteiger partial charge on any atom is 0.413 e. The van der Waals surface area contributed by atoms with Gasteiger partial charge >= 0.3 is 6.09 Å². The normalized spacial score (nSPS) is 33.6. The van der Waals surface area contributed by atoms with Crippen LogP contribution in [-0.2, 0) is 0 Å². The summed E-state index contributed by atoms with van der Waals surface area (Å²) in [4.78, 5) is 15.3. The zero-order chi connectivity index (χ0) is 20.9. The third-order valence-electron chi connectivity index (χ3n) is 8.25. The van der Waals surface area contributed by atoms with Crippen LogP contribution < -0.4 is 15.0 Å². The number of benzene rings is 1. The fourth-order valence-electron chi connectivity index (χ4n) is 7.09. The lowest BCUT2D eigenvalue weighted by atomic mass is 9.54. The lowest BCUT2D eigenvalue weighted by Crippen LogP contribution is -2.56. The molecule has 5 fully saturated rings. The first-order valence-corrected chi connectivity index (χ1v) is 12.0. The number of amides is 1. The highest BCUT2D eigenvalue weighted by molar-refractivity contribution is 5.74. The van der Waals surface area contributed by atoms with Gasteiger partial charge in [0, 0.05) is 18.6 Å². The molecule has 4 bridgehead atoms. The minimum atomic E-state index is -0.321. The Hall–Kier alpha value is -2.50. The van der Waals surface area contributed by atoms with Gasteiger partial charge in [-0.1, -0.05) is 18.2 Å². The molecule has 1 N–H and O–H groups in total. The van der Waals surface area contributed by atoms with E-state index in [9.17, 15) is 4.79 Å². The molecular weight excluding hydrogens is 388 g/mol. The number of hydrogen-bond acceptors (Lipinski definition) is 4. The summed E-state index contributed by atoms with van der Waals surface area (Å²) in [6.07, 6.45) is 10.2. The number of carbonyl (C=O) groups is 1. The van der Waals surface area contributed by atoms with Gasteiger partial charge in [0.2, 0.25) is 0 Å². The van der Waals surface area contributed by atoms with Gasteiger partial charge in [-0.15, -0.1) is 0 Å². The largest absolute Gasteiger partial charge is 0.413 e. The number of rotatable bonds is 4. The molecule has 1 amide bonds. The molecule has 1 unspecified atom stereocenters. The van der Waals surface area contributed by atoms with Crippen molar-refractivity contribution in [1.82, 2.24) is 15.1 Å².